The standard InChI is InChI=1S/C16H13N3O2S/c20-13(15(21)16-17-10-18-19-16)9-12-6-7-22-14(12)8-11-4-2-1-3-5-11/h1-7,10H,8-9H2,(H,17,18,19). The molecule has 1 N–H and O–H groups in total. The Morgan fingerprint density at radius 3 is 2.68 bits per heavy atom. The quantitative estimate of drug-likeness (QED) is 0.560. The van der Waals surface area contributed by atoms with Crippen LogP contribution >= 0.6 is 11.3 Å². The molecule has 0 spiro atoms. The van der Waals surface area contributed by atoms with E-state index in [0.29, 0.717) is 0 Å². The van der Waals surface area contributed by atoms with E-state index in [9.17, 15) is 9.59 Å². The van der Waals surface area contributed by atoms with Gasteiger partial charge in [-0.2, -0.15) is 0 Å². The Kier molecular flexibility index (Phi) is 4.20. The van der Waals surface area contributed by atoms with Crippen LogP contribution in [0, 0.1) is 0 Å². The fraction of sp³-hybridized carbons (Fsp3) is 0.125. The molecule has 0 aliphatic carbocycles. The summed E-state index contributed by atoms with van der Waals surface area (Å²) in [6.45, 7) is 0. The molecule has 2 aromatic heterocycles. The van der Waals surface area contributed by atoms with Crippen LogP contribution in [0.3, 0.4) is 0 Å². The molecule has 0 aliphatic heterocycles. The van der Waals surface area contributed by atoms with Gasteiger partial charge in [0.15, 0.2) is 0 Å². The van der Waals surface area contributed by atoms with Crippen molar-refractivity contribution in [3.8, 4) is 0 Å². The van der Waals surface area contributed by atoms with Crippen molar-refractivity contribution in [2.45, 2.75) is 12.8 Å². The lowest BCUT2D eigenvalue weighted by Gasteiger charge is -2.03. The molecule has 3 aromatic rings. The highest BCUT2D eigenvalue weighted by atomic mass is 32.1. The summed E-state index contributed by atoms with van der Waals surface area (Å²) in [4.78, 5) is 28.8. The van der Waals surface area contributed by atoms with E-state index in [1.807, 2.05) is 41.8 Å². The number of Topliss-reactive ketones (excluding diaryl/α,β-unsaturated/α-hetero) is 2. The SMILES string of the molecule is O=C(Cc1ccsc1Cc1ccccc1)C(=O)c1nc[nH]n1. The second kappa shape index (κ2) is 6.44. The van der Waals surface area contributed by atoms with E-state index < -0.39 is 11.6 Å². The van der Waals surface area contributed by atoms with Gasteiger partial charge >= 0.3 is 0 Å². The zero-order chi connectivity index (χ0) is 15.4. The molecule has 5 nitrogen and oxygen atoms in total. The summed E-state index contributed by atoms with van der Waals surface area (Å²) in [5, 5.41) is 8.03. The second-order valence-corrected chi connectivity index (χ2v) is 5.78. The van der Waals surface area contributed by atoms with E-state index in [-0.39, 0.29) is 12.2 Å². The van der Waals surface area contributed by atoms with Gasteiger partial charge in [-0.15, -0.1) is 16.4 Å². The fourth-order valence-corrected chi connectivity index (χ4v) is 3.10. The van der Waals surface area contributed by atoms with Crippen molar-refractivity contribution in [2.24, 2.45) is 0 Å². The zero-order valence-electron chi connectivity index (χ0n) is 11.7. The lowest BCUT2D eigenvalue weighted by Crippen LogP contribution is -2.18. The molecule has 110 valence electrons. The molecule has 0 amide bonds. The van der Waals surface area contributed by atoms with E-state index in [2.05, 4.69) is 15.2 Å². The minimum Gasteiger partial charge on any atom is -0.290 e. The molecule has 0 fully saturated rings. The van der Waals surface area contributed by atoms with Crippen molar-refractivity contribution >= 4 is 22.9 Å². The first kappa shape index (κ1) is 14.3. The van der Waals surface area contributed by atoms with Gasteiger partial charge < -0.3 is 0 Å². The van der Waals surface area contributed by atoms with E-state index in [1.165, 1.54) is 11.9 Å². The molecular formula is C16H13N3O2S. The van der Waals surface area contributed by atoms with Crippen molar-refractivity contribution in [3.63, 3.8) is 0 Å². The predicted octanol–water partition coefficient (Wildman–Crippen LogP) is 2.45. The van der Waals surface area contributed by atoms with Crippen molar-refractivity contribution in [2.75, 3.05) is 0 Å². The molecule has 2 heterocycles. The monoisotopic (exact) mass is 311 g/mol. The van der Waals surface area contributed by atoms with E-state index in [0.717, 1.165) is 16.9 Å². The molecule has 0 radical (unpaired) electrons. The number of benzene rings is 1. The Morgan fingerprint density at radius 2 is 1.95 bits per heavy atom. The summed E-state index contributed by atoms with van der Waals surface area (Å²) in [5.74, 6) is -1.23. The van der Waals surface area contributed by atoms with Crippen LogP contribution in [0.2, 0.25) is 0 Å². The van der Waals surface area contributed by atoms with Gasteiger partial charge in [0.2, 0.25) is 11.6 Å². The van der Waals surface area contributed by atoms with Gasteiger partial charge in [-0.25, -0.2) is 4.98 Å². The number of hydrogen-bond acceptors (Lipinski definition) is 5. The highest BCUT2D eigenvalue weighted by Gasteiger charge is 2.21. The maximum absolute atomic E-state index is 12.1. The first-order chi connectivity index (χ1) is 10.7. The maximum atomic E-state index is 12.1. The van der Waals surface area contributed by atoms with Gasteiger partial charge in [-0.3, -0.25) is 14.7 Å². The van der Waals surface area contributed by atoms with Crippen molar-refractivity contribution < 1.29 is 9.59 Å². The molecule has 22 heavy (non-hydrogen) atoms. The molecule has 0 saturated heterocycles. The van der Waals surface area contributed by atoms with Crippen molar-refractivity contribution in [1.82, 2.24) is 15.2 Å². The maximum Gasteiger partial charge on any atom is 0.267 e. The number of ketones is 2. The van der Waals surface area contributed by atoms with E-state index >= 15 is 0 Å². The third-order valence-corrected chi connectivity index (χ3v) is 4.23. The van der Waals surface area contributed by atoms with Crippen LogP contribution in [0.25, 0.3) is 0 Å². The van der Waals surface area contributed by atoms with Gasteiger partial charge in [0, 0.05) is 17.7 Å². The molecule has 6 heteroatoms. The predicted molar refractivity (Wildman–Crippen MR) is 83.0 cm³/mol. The average molecular weight is 311 g/mol. The van der Waals surface area contributed by atoms with Crippen LogP contribution in [-0.4, -0.2) is 26.7 Å². The van der Waals surface area contributed by atoms with E-state index in [4.69, 9.17) is 0 Å². The molecule has 0 atom stereocenters. The van der Waals surface area contributed by atoms with Gasteiger partial charge in [-0.1, -0.05) is 30.3 Å². The van der Waals surface area contributed by atoms with Gasteiger partial charge in [0.25, 0.3) is 5.78 Å². The Bertz CT molecular complexity index is 779. The van der Waals surface area contributed by atoms with Crippen molar-refractivity contribution in [1.29, 1.82) is 0 Å². The molecule has 0 bridgehead atoms. The summed E-state index contributed by atoms with van der Waals surface area (Å²) < 4.78 is 0. The number of aromatic nitrogens is 3. The number of nitrogens with one attached hydrogen (secondary N) is 1. The molecule has 1 aromatic carbocycles. The number of nitrogens with zero attached hydrogens (tertiary/aromatic N) is 2. The number of aromatic amines is 1. The summed E-state index contributed by atoms with van der Waals surface area (Å²) in [5.41, 5.74) is 2.07. The first-order valence-corrected chi connectivity index (χ1v) is 7.64. The lowest BCUT2D eigenvalue weighted by molar-refractivity contribution is -0.114. The largest absolute Gasteiger partial charge is 0.290 e. The van der Waals surface area contributed by atoms with Gasteiger partial charge in [-0.05, 0) is 22.6 Å². The molecule has 0 aliphatic rings. The fourth-order valence-electron chi connectivity index (χ4n) is 2.16. The van der Waals surface area contributed by atoms with Gasteiger partial charge in [0.1, 0.15) is 6.33 Å². The minimum absolute atomic E-state index is 0.0789. The molecule has 0 saturated carbocycles. The topological polar surface area (TPSA) is 75.7 Å². The van der Waals surface area contributed by atoms with Crippen LogP contribution < -0.4 is 0 Å². The van der Waals surface area contributed by atoms with Gasteiger partial charge in [0.05, 0.1) is 0 Å². The highest BCUT2D eigenvalue weighted by Crippen LogP contribution is 2.21. The van der Waals surface area contributed by atoms with Crippen LogP contribution in [0.1, 0.15) is 26.6 Å². The number of hydrogen-bond donors (Lipinski definition) is 1. The minimum atomic E-state index is -0.655. The van der Waals surface area contributed by atoms with Crippen molar-refractivity contribution in [3.05, 3.63) is 69.9 Å². The number of rotatable bonds is 6. The van der Waals surface area contributed by atoms with Crippen LogP contribution in [0.15, 0.2) is 48.1 Å². The third kappa shape index (κ3) is 3.17. The van der Waals surface area contributed by atoms with Crippen LogP contribution in [0.5, 0.6) is 0 Å². The second-order valence-electron chi connectivity index (χ2n) is 4.78. The zero-order valence-corrected chi connectivity index (χ0v) is 12.5. The normalized spacial score (nSPS) is 10.5. The number of carbonyl (C=O) groups excluding carboxylic acids is 2. The molecule has 0 unspecified atom stereocenters. The summed E-state index contributed by atoms with van der Waals surface area (Å²) in [6, 6.07) is 11.9. The summed E-state index contributed by atoms with van der Waals surface area (Å²) >= 11 is 1.59. The molecular weight excluding hydrogens is 298 g/mol. The third-order valence-electron chi connectivity index (χ3n) is 3.27. The lowest BCUT2D eigenvalue weighted by atomic mass is 10.0. The first-order valence-electron chi connectivity index (χ1n) is 6.76. The number of thiophene rings is 1. The number of carbonyl (C=O) groups is 2. The summed E-state index contributed by atoms with van der Waals surface area (Å²) in [6.07, 6.45) is 2.13. The Morgan fingerprint density at radius 1 is 1.14 bits per heavy atom. The van der Waals surface area contributed by atoms with Crippen LogP contribution in [-0.2, 0) is 17.6 Å². The Labute approximate surface area is 131 Å². The average Bonchev–Trinajstić information content (AvgIpc) is 3.20. The Balaban J connectivity index is 1.72. The number of H-pyrrole nitrogens is 1. The smallest absolute Gasteiger partial charge is 0.267 e. The summed E-state index contributed by atoms with van der Waals surface area (Å²) in [7, 11) is 0. The Hall–Kier alpha value is -2.60. The highest BCUT2D eigenvalue weighted by molar-refractivity contribution is 7.10. The van der Waals surface area contributed by atoms with E-state index in [1.54, 1.807) is 11.3 Å². The van der Waals surface area contributed by atoms with Crippen LogP contribution in [0.4, 0.5) is 0 Å². The molecule has 3 rings (SSSR count).